The lowest BCUT2D eigenvalue weighted by Crippen LogP contribution is -2.51. The number of benzene rings is 3. The van der Waals surface area contributed by atoms with Crippen LogP contribution in [0.2, 0.25) is 5.02 Å². The predicted octanol–water partition coefficient (Wildman–Crippen LogP) is 4.63. The van der Waals surface area contributed by atoms with E-state index in [2.05, 4.69) is 5.32 Å². The van der Waals surface area contributed by atoms with E-state index in [-0.39, 0.29) is 33.5 Å². The Kier molecular flexibility index (Phi) is 10.3. The second-order valence-corrected chi connectivity index (χ2v) is 11.0. The monoisotopic (exact) mass is 575 g/mol. The highest BCUT2D eigenvalue weighted by atomic mass is 35.5. The van der Waals surface area contributed by atoms with Gasteiger partial charge in [0.1, 0.15) is 24.2 Å². The van der Waals surface area contributed by atoms with Gasteiger partial charge in [0.05, 0.1) is 17.7 Å². The Morgan fingerprint density at radius 3 is 2.36 bits per heavy atom. The van der Waals surface area contributed by atoms with Crippen molar-refractivity contribution in [2.75, 3.05) is 24.5 Å². The molecule has 0 aromatic heterocycles. The topological polar surface area (TPSA) is 96.0 Å². The van der Waals surface area contributed by atoms with Crippen molar-refractivity contribution in [3.63, 3.8) is 0 Å². The quantitative estimate of drug-likeness (QED) is 0.340. The lowest BCUT2D eigenvalue weighted by Gasteiger charge is -2.32. The summed E-state index contributed by atoms with van der Waals surface area (Å²) >= 11 is 6.21. The SMILES string of the molecule is CCCNC(=O)[C@H](C)N(Cc1ccccc1F)C(=O)CN(c1cc(Cl)ccc1OC)S(=O)(=O)c1ccccc1. The molecule has 0 bridgehead atoms. The van der Waals surface area contributed by atoms with Crippen LogP contribution in [-0.2, 0) is 26.2 Å². The second-order valence-electron chi connectivity index (χ2n) is 8.72. The summed E-state index contributed by atoms with van der Waals surface area (Å²) in [6.07, 6.45) is 0.678. The van der Waals surface area contributed by atoms with Crippen molar-refractivity contribution in [1.29, 1.82) is 0 Å². The summed E-state index contributed by atoms with van der Waals surface area (Å²) in [5.41, 5.74) is 0.218. The van der Waals surface area contributed by atoms with Gasteiger partial charge in [0.15, 0.2) is 0 Å². The molecule has 11 heteroatoms. The van der Waals surface area contributed by atoms with E-state index < -0.39 is 40.2 Å². The van der Waals surface area contributed by atoms with E-state index in [0.29, 0.717) is 13.0 Å². The maximum Gasteiger partial charge on any atom is 0.264 e. The number of sulfonamides is 1. The molecule has 0 saturated heterocycles. The van der Waals surface area contributed by atoms with Gasteiger partial charge < -0.3 is 15.0 Å². The van der Waals surface area contributed by atoms with Crippen LogP contribution < -0.4 is 14.4 Å². The second kappa shape index (κ2) is 13.4. The van der Waals surface area contributed by atoms with Crippen molar-refractivity contribution in [2.45, 2.75) is 37.8 Å². The number of nitrogens with zero attached hydrogens (tertiary/aromatic N) is 2. The molecule has 3 aromatic rings. The van der Waals surface area contributed by atoms with Crippen LogP contribution in [0, 0.1) is 5.82 Å². The van der Waals surface area contributed by atoms with Crippen LogP contribution in [0.25, 0.3) is 0 Å². The molecule has 0 aliphatic rings. The fraction of sp³-hybridized carbons (Fsp3) is 0.286. The number of carbonyl (C=O) groups excluding carboxylic acids is 2. The summed E-state index contributed by atoms with van der Waals surface area (Å²) in [4.78, 5) is 27.8. The highest BCUT2D eigenvalue weighted by Crippen LogP contribution is 2.35. The van der Waals surface area contributed by atoms with Crippen molar-refractivity contribution in [3.8, 4) is 5.75 Å². The molecule has 3 rings (SSSR count). The number of carbonyl (C=O) groups is 2. The summed E-state index contributed by atoms with van der Waals surface area (Å²) in [5, 5.41) is 2.96. The van der Waals surface area contributed by atoms with E-state index in [1.807, 2.05) is 6.92 Å². The minimum atomic E-state index is -4.30. The molecule has 0 aliphatic heterocycles. The van der Waals surface area contributed by atoms with Crippen molar-refractivity contribution >= 4 is 39.1 Å². The number of halogens is 2. The molecule has 0 saturated carbocycles. The molecule has 1 N–H and O–H groups in total. The van der Waals surface area contributed by atoms with Gasteiger partial charge in [0, 0.05) is 23.7 Å². The summed E-state index contributed by atoms with van der Waals surface area (Å²) < 4.78 is 48.6. The molecular weight excluding hydrogens is 545 g/mol. The van der Waals surface area contributed by atoms with Gasteiger partial charge in [-0.1, -0.05) is 54.9 Å². The van der Waals surface area contributed by atoms with Gasteiger partial charge in [0.25, 0.3) is 10.0 Å². The zero-order chi connectivity index (χ0) is 28.6. The van der Waals surface area contributed by atoms with Crippen LogP contribution in [0.15, 0.2) is 77.7 Å². The first-order chi connectivity index (χ1) is 18.6. The minimum Gasteiger partial charge on any atom is -0.495 e. The normalized spacial score (nSPS) is 11.9. The standard InChI is InChI=1S/C28H31ClFN3O5S/c1-4-16-31-28(35)20(2)32(18-21-10-8-9-13-24(21)30)27(34)19-33(25-17-22(29)14-15-26(25)38-3)39(36,37)23-11-6-5-7-12-23/h5-15,17,20H,4,16,18-19H2,1-3H3,(H,31,35)/t20-/m0/s1. The van der Waals surface area contributed by atoms with Gasteiger partial charge in [-0.25, -0.2) is 12.8 Å². The zero-order valence-electron chi connectivity index (χ0n) is 21.9. The van der Waals surface area contributed by atoms with Gasteiger partial charge >= 0.3 is 0 Å². The molecule has 0 heterocycles. The van der Waals surface area contributed by atoms with E-state index in [1.54, 1.807) is 24.3 Å². The number of ether oxygens (including phenoxy) is 1. The van der Waals surface area contributed by atoms with Crippen LogP contribution >= 0.6 is 11.6 Å². The molecule has 8 nitrogen and oxygen atoms in total. The van der Waals surface area contributed by atoms with Crippen molar-refractivity contribution in [1.82, 2.24) is 10.2 Å². The molecule has 1 atom stereocenters. The molecule has 3 aromatic carbocycles. The summed E-state index contributed by atoms with van der Waals surface area (Å²) in [6.45, 7) is 2.84. The average molecular weight is 576 g/mol. The Morgan fingerprint density at radius 1 is 1.05 bits per heavy atom. The number of methoxy groups -OCH3 is 1. The number of amides is 2. The summed E-state index contributed by atoms with van der Waals surface area (Å²) in [7, 11) is -2.93. The van der Waals surface area contributed by atoms with E-state index >= 15 is 0 Å². The first-order valence-corrected chi connectivity index (χ1v) is 14.1. The lowest BCUT2D eigenvalue weighted by atomic mass is 10.1. The number of rotatable bonds is 12. The zero-order valence-corrected chi connectivity index (χ0v) is 23.5. The molecule has 39 heavy (non-hydrogen) atoms. The third kappa shape index (κ3) is 7.27. The smallest absolute Gasteiger partial charge is 0.264 e. The summed E-state index contributed by atoms with van der Waals surface area (Å²) in [6, 6.07) is 16.9. The van der Waals surface area contributed by atoms with E-state index in [1.165, 1.54) is 62.6 Å². The molecule has 2 amide bonds. The van der Waals surface area contributed by atoms with Gasteiger partial charge in [-0.05, 0) is 49.7 Å². The third-order valence-corrected chi connectivity index (χ3v) is 8.04. The van der Waals surface area contributed by atoms with E-state index in [9.17, 15) is 22.4 Å². The Hall–Kier alpha value is -3.63. The van der Waals surface area contributed by atoms with Gasteiger partial charge in [0.2, 0.25) is 11.8 Å². The highest BCUT2D eigenvalue weighted by Gasteiger charge is 2.34. The van der Waals surface area contributed by atoms with Crippen LogP contribution in [0.3, 0.4) is 0 Å². The predicted molar refractivity (Wildman–Crippen MR) is 149 cm³/mol. The highest BCUT2D eigenvalue weighted by molar-refractivity contribution is 7.92. The molecule has 0 spiro atoms. The first-order valence-electron chi connectivity index (χ1n) is 12.3. The number of hydrogen-bond acceptors (Lipinski definition) is 5. The number of anilines is 1. The Bertz CT molecular complexity index is 1410. The Morgan fingerprint density at radius 2 is 1.72 bits per heavy atom. The molecular formula is C28H31ClFN3O5S. The number of nitrogens with one attached hydrogen (secondary N) is 1. The van der Waals surface area contributed by atoms with Crippen molar-refractivity contribution < 1.29 is 27.1 Å². The average Bonchev–Trinajstić information content (AvgIpc) is 2.94. The lowest BCUT2D eigenvalue weighted by molar-refractivity contribution is -0.139. The molecule has 0 radical (unpaired) electrons. The molecule has 208 valence electrons. The fourth-order valence-corrected chi connectivity index (χ4v) is 5.48. The fourth-order valence-electron chi connectivity index (χ4n) is 3.88. The molecule has 0 aliphatic carbocycles. The minimum absolute atomic E-state index is 0.0381. The van der Waals surface area contributed by atoms with Crippen LogP contribution in [0.5, 0.6) is 5.75 Å². The Labute approximate surface area is 233 Å². The maximum atomic E-state index is 14.6. The van der Waals surface area contributed by atoms with E-state index in [4.69, 9.17) is 16.3 Å². The van der Waals surface area contributed by atoms with E-state index in [0.717, 1.165) is 9.21 Å². The summed E-state index contributed by atoms with van der Waals surface area (Å²) in [5.74, 6) is -1.55. The molecule has 0 unspecified atom stereocenters. The van der Waals surface area contributed by atoms with Gasteiger partial charge in [-0.15, -0.1) is 0 Å². The van der Waals surface area contributed by atoms with Crippen LogP contribution in [-0.4, -0.2) is 51.4 Å². The van der Waals surface area contributed by atoms with Crippen LogP contribution in [0.1, 0.15) is 25.8 Å². The number of hydrogen-bond donors (Lipinski definition) is 1. The van der Waals surface area contributed by atoms with Crippen molar-refractivity contribution in [2.24, 2.45) is 0 Å². The maximum absolute atomic E-state index is 14.6. The Balaban J connectivity index is 2.09. The van der Waals surface area contributed by atoms with Crippen LogP contribution in [0.4, 0.5) is 10.1 Å². The van der Waals surface area contributed by atoms with Crippen molar-refractivity contribution in [3.05, 3.63) is 89.2 Å². The largest absolute Gasteiger partial charge is 0.495 e. The third-order valence-electron chi connectivity index (χ3n) is 6.03. The van der Waals surface area contributed by atoms with Gasteiger partial charge in [-0.3, -0.25) is 13.9 Å². The van der Waals surface area contributed by atoms with Gasteiger partial charge in [-0.2, -0.15) is 0 Å². The first kappa shape index (κ1) is 29.9. The molecule has 0 fully saturated rings.